The first kappa shape index (κ1) is 13.3. The summed E-state index contributed by atoms with van der Waals surface area (Å²) in [6.07, 6.45) is 7.57. The quantitative estimate of drug-likeness (QED) is 0.862. The Morgan fingerprint density at radius 3 is 2.72 bits per heavy atom. The van der Waals surface area contributed by atoms with E-state index in [1.165, 1.54) is 19.3 Å². The van der Waals surface area contributed by atoms with Gasteiger partial charge in [-0.3, -0.25) is 4.79 Å². The zero-order valence-corrected chi connectivity index (χ0v) is 10.8. The highest BCUT2D eigenvalue weighted by molar-refractivity contribution is 4.93. The van der Waals surface area contributed by atoms with Gasteiger partial charge in [0, 0.05) is 25.4 Å². The van der Waals surface area contributed by atoms with Crippen LogP contribution in [0.25, 0.3) is 0 Å². The van der Waals surface area contributed by atoms with Crippen LogP contribution in [0.1, 0.15) is 32.1 Å². The first-order valence-corrected chi connectivity index (χ1v) is 6.75. The first-order chi connectivity index (χ1) is 8.76. The molecule has 0 radical (unpaired) electrons. The van der Waals surface area contributed by atoms with Gasteiger partial charge < -0.3 is 15.0 Å². The van der Waals surface area contributed by atoms with Crippen LogP contribution in [0.5, 0.6) is 0 Å². The molecule has 1 aromatic rings. The Hall–Kier alpha value is -1.13. The minimum Gasteiger partial charge on any atom is -0.372 e. The third-order valence-corrected chi connectivity index (χ3v) is 3.78. The minimum atomic E-state index is -0.142. The van der Waals surface area contributed by atoms with E-state index < -0.39 is 0 Å². The molecule has 1 fully saturated rings. The lowest BCUT2D eigenvalue weighted by atomic mass is 9.85. The van der Waals surface area contributed by atoms with E-state index in [0.29, 0.717) is 19.7 Å². The molecule has 0 aliphatic heterocycles. The number of ether oxygens (including phenoxy) is 1. The molecule has 18 heavy (non-hydrogen) atoms. The third-order valence-electron chi connectivity index (χ3n) is 3.78. The van der Waals surface area contributed by atoms with Gasteiger partial charge in [-0.15, -0.1) is 0 Å². The second-order valence-corrected chi connectivity index (χ2v) is 5.03. The fraction of sp³-hybridized carbons (Fsp3) is 0.643. The predicted octanol–water partition coefficient (Wildman–Crippen LogP) is 1.53. The van der Waals surface area contributed by atoms with Crippen molar-refractivity contribution in [3.8, 4) is 0 Å². The molecule has 100 valence electrons. The lowest BCUT2D eigenvalue weighted by Crippen LogP contribution is -2.43. The molecule has 4 heteroatoms. The highest BCUT2D eigenvalue weighted by Crippen LogP contribution is 2.30. The Balaban J connectivity index is 1.87. The highest BCUT2D eigenvalue weighted by Gasteiger charge is 2.31. The highest BCUT2D eigenvalue weighted by atomic mass is 16.5. The van der Waals surface area contributed by atoms with Crippen LogP contribution in [0.3, 0.4) is 0 Å². The van der Waals surface area contributed by atoms with Gasteiger partial charge in [0.25, 0.3) is 5.56 Å². The molecule has 4 nitrogen and oxygen atoms in total. The molecule has 1 heterocycles. The monoisotopic (exact) mass is 250 g/mol. The summed E-state index contributed by atoms with van der Waals surface area (Å²) in [6, 6.07) is 5.18. The zero-order chi connectivity index (χ0) is 12.8. The van der Waals surface area contributed by atoms with Crippen molar-refractivity contribution >= 4 is 0 Å². The summed E-state index contributed by atoms with van der Waals surface area (Å²) in [7, 11) is 0. The summed E-state index contributed by atoms with van der Waals surface area (Å²) in [5.74, 6) is 0. The smallest absolute Gasteiger partial charge is 0.250 e. The van der Waals surface area contributed by atoms with E-state index >= 15 is 0 Å². The Kier molecular flexibility index (Phi) is 4.55. The number of pyridine rings is 1. The molecule has 1 aliphatic rings. The lowest BCUT2D eigenvalue weighted by Gasteiger charge is -2.36. The molecule has 2 rings (SSSR count). The van der Waals surface area contributed by atoms with E-state index in [2.05, 4.69) is 0 Å². The van der Waals surface area contributed by atoms with E-state index in [1.54, 1.807) is 22.9 Å². The summed E-state index contributed by atoms with van der Waals surface area (Å²) in [5.41, 5.74) is 5.73. The molecule has 0 amide bonds. The summed E-state index contributed by atoms with van der Waals surface area (Å²) in [4.78, 5) is 11.5. The van der Waals surface area contributed by atoms with Gasteiger partial charge in [-0.1, -0.05) is 25.3 Å². The lowest BCUT2D eigenvalue weighted by molar-refractivity contribution is -0.0660. The van der Waals surface area contributed by atoms with Crippen LogP contribution in [-0.2, 0) is 11.3 Å². The van der Waals surface area contributed by atoms with Gasteiger partial charge in [-0.2, -0.15) is 0 Å². The maximum atomic E-state index is 11.5. The van der Waals surface area contributed by atoms with Gasteiger partial charge in [0.05, 0.1) is 12.2 Å². The molecule has 0 atom stereocenters. The van der Waals surface area contributed by atoms with Crippen LogP contribution in [0.15, 0.2) is 29.2 Å². The fourth-order valence-corrected chi connectivity index (χ4v) is 2.61. The van der Waals surface area contributed by atoms with Crippen LogP contribution in [0.2, 0.25) is 0 Å². The number of rotatable bonds is 5. The average Bonchev–Trinajstić information content (AvgIpc) is 2.42. The maximum absolute atomic E-state index is 11.5. The molecule has 0 bridgehead atoms. The van der Waals surface area contributed by atoms with Crippen molar-refractivity contribution in [1.82, 2.24) is 4.57 Å². The summed E-state index contributed by atoms with van der Waals surface area (Å²) < 4.78 is 7.67. The Morgan fingerprint density at radius 1 is 1.28 bits per heavy atom. The summed E-state index contributed by atoms with van der Waals surface area (Å²) in [5, 5.41) is 0. The average molecular weight is 250 g/mol. The topological polar surface area (TPSA) is 57.2 Å². The molecule has 1 aliphatic carbocycles. The second kappa shape index (κ2) is 6.16. The van der Waals surface area contributed by atoms with Crippen LogP contribution >= 0.6 is 0 Å². The van der Waals surface area contributed by atoms with Crippen molar-refractivity contribution in [2.24, 2.45) is 5.73 Å². The molecule has 2 N–H and O–H groups in total. The van der Waals surface area contributed by atoms with Crippen molar-refractivity contribution in [2.75, 3.05) is 13.2 Å². The Labute approximate surface area is 108 Å². The predicted molar refractivity (Wildman–Crippen MR) is 71.5 cm³/mol. The van der Waals surface area contributed by atoms with Gasteiger partial charge in [0.15, 0.2) is 0 Å². The van der Waals surface area contributed by atoms with E-state index in [9.17, 15) is 4.79 Å². The Bertz CT molecular complexity index is 422. The van der Waals surface area contributed by atoms with Crippen molar-refractivity contribution in [3.05, 3.63) is 34.7 Å². The largest absolute Gasteiger partial charge is 0.372 e. The molecule has 0 spiro atoms. The van der Waals surface area contributed by atoms with Crippen molar-refractivity contribution in [3.63, 3.8) is 0 Å². The van der Waals surface area contributed by atoms with Gasteiger partial charge in [0.1, 0.15) is 0 Å². The molecule has 0 unspecified atom stereocenters. The van der Waals surface area contributed by atoms with Gasteiger partial charge in [-0.25, -0.2) is 0 Å². The molecule has 0 saturated heterocycles. The van der Waals surface area contributed by atoms with Crippen molar-refractivity contribution < 1.29 is 4.74 Å². The van der Waals surface area contributed by atoms with Gasteiger partial charge in [-0.05, 0) is 18.9 Å². The second-order valence-electron chi connectivity index (χ2n) is 5.03. The molecular formula is C14H22N2O2. The SMILES string of the molecule is NCC1(OCCn2ccccc2=O)CCCCC1. The standard InChI is InChI=1S/C14H22N2O2/c15-12-14(7-3-1-4-8-14)18-11-10-16-9-5-2-6-13(16)17/h2,5-6,9H,1,3-4,7-8,10-12,15H2. The normalized spacial score (nSPS) is 18.7. The summed E-state index contributed by atoms with van der Waals surface area (Å²) >= 11 is 0. The van der Waals surface area contributed by atoms with Gasteiger partial charge in [0.2, 0.25) is 0 Å². The van der Waals surface area contributed by atoms with E-state index in [0.717, 1.165) is 12.8 Å². The number of nitrogens with two attached hydrogens (primary N) is 1. The minimum absolute atomic E-state index is 0.0199. The third kappa shape index (κ3) is 3.21. The number of hydrogen-bond acceptors (Lipinski definition) is 3. The molecule has 1 aromatic heterocycles. The van der Waals surface area contributed by atoms with Crippen molar-refractivity contribution in [1.29, 1.82) is 0 Å². The van der Waals surface area contributed by atoms with E-state index in [4.69, 9.17) is 10.5 Å². The number of nitrogens with zero attached hydrogens (tertiary/aromatic N) is 1. The van der Waals surface area contributed by atoms with Gasteiger partial charge >= 0.3 is 0 Å². The van der Waals surface area contributed by atoms with E-state index in [-0.39, 0.29) is 11.2 Å². The molecule has 0 aromatic carbocycles. The van der Waals surface area contributed by atoms with E-state index in [1.807, 2.05) is 6.07 Å². The van der Waals surface area contributed by atoms with Crippen LogP contribution < -0.4 is 11.3 Å². The number of hydrogen-bond donors (Lipinski definition) is 1. The maximum Gasteiger partial charge on any atom is 0.250 e. The molecule has 1 saturated carbocycles. The number of aromatic nitrogens is 1. The summed E-state index contributed by atoms with van der Waals surface area (Å²) in [6.45, 7) is 1.74. The van der Waals surface area contributed by atoms with Crippen LogP contribution in [0.4, 0.5) is 0 Å². The Morgan fingerprint density at radius 2 is 2.06 bits per heavy atom. The fourth-order valence-electron chi connectivity index (χ4n) is 2.61. The first-order valence-electron chi connectivity index (χ1n) is 6.75. The van der Waals surface area contributed by atoms with Crippen LogP contribution in [-0.4, -0.2) is 23.3 Å². The molecular weight excluding hydrogens is 228 g/mol. The van der Waals surface area contributed by atoms with Crippen LogP contribution in [0, 0.1) is 0 Å². The van der Waals surface area contributed by atoms with Crippen molar-refractivity contribution in [2.45, 2.75) is 44.2 Å². The zero-order valence-electron chi connectivity index (χ0n) is 10.8.